The molecule has 0 saturated heterocycles. The van der Waals surface area contributed by atoms with Crippen molar-refractivity contribution in [3.63, 3.8) is 0 Å². The first-order valence-electron chi connectivity index (χ1n) is 7.47. The standard InChI is InChI=1S/C17H25NO3/c1-6-18-10-16-13(7-11(2)3)17-14(20-5)8-12(19-4)9-15(17)21-16/h8-9,11,18H,6-7,10H2,1-5H3. The number of hydrogen-bond donors (Lipinski definition) is 1. The van der Waals surface area contributed by atoms with Crippen LogP contribution in [0.4, 0.5) is 0 Å². The second kappa shape index (κ2) is 6.85. The summed E-state index contributed by atoms with van der Waals surface area (Å²) < 4.78 is 16.9. The number of hydrogen-bond acceptors (Lipinski definition) is 4. The molecule has 0 aliphatic rings. The van der Waals surface area contributed by atoms with E-state index in [1.165, 1.54) is 5.56 Å². The summed E-state index contributed by atoms with van der Waals surface area (Å²) in [5, 5.41) is 4.41. The molecule has 1 aromatic carbocycles. The average molecular weight is 291 g/mol. The Kier molecular flexibility index (Phi) is 5.12. The highest BCUT2D eigenvalue weighted by molar-refractivity contribution is 5.90. The van der Waals surface area contributed by atoms with Crippen LogP contribution >= 0.6 is 0 Å². The van der Waals surface area contributed by atoms with Gasteiger partial charge in [0.25, 0.3) is 0 Å². The quantitative estimate of drug-likeness (QED) is 0.843. The van der Waals surface area contributed by atoms with Crippen molar-refractivity contribution in [3.05, 3.63) is 23.5 Å². The minimum absolute atomic E-state index is 0.554. The molecule has 2 aromatic rings. The molecule has 0 atom stereocenters. The molecule has 1 aromatic heterocycles. The molecule has 21 heavy (non-hydrogen) atoms. The lowest BCUT2D eigenvalue weighted by Crippen LogP contribution is -2.12. The summed E-state index contributed by atoms with van der Waals surface area (Å²) in [6, 6.07) is 3.84. The Hall–Kier alpha value is -1.68. The van der Waals surface area contributed by atoms with Crippen LogP contribution in [0.25, 0.3) is 11.0 Å². The first-order chi connectivity index (χ1) is 10.1. The molecule has 0 unspecified atom stereocenters. The van der Waals surface area contributed by atoms with Crippen LogP contribution in [0.1, 0.15) is 32.1 Å². The second-order valence-corrected chi connectivity index (χ2v) is 5.58. The molecule has 0 amide bonds. The highest BCUT2D eigenvalue weighted by atomic mass is 16.5. The number of rotatable bonds is 7. The first-order valence-corrected chi connectivity index (χ1v) is 7.47. The van der Waals surface area contributed by atoms with Crippen molar-refractivity contribution in [1.82, 2.24) is 5.32 Å². The fraction of sp³-hybridized carbons (Fsp3) is 0.529. The van der Waals surface area contributed by atoms with Gasteiger partial charge in [0, 0.05) is 17.7 Å². The highest BCUT2D eigenvalue weighted by Crippen LogP contribution is 2.38. The van der Waals surface area contributed by atoms with Gasteiger partial charge in [-0.15, -0.1) is 0 Å². The molecule has 0 fully saturated rings. The summed E-state index contributed by atoms with van der Waals surface area (Å²) in [5.41, 5.74) is 2.07. The molecular formula is C17H25NO3. The molecule has 116 valence electrons. The SMILES string of the molecule is CCNCc1oc2cc(OC)cc(OC)c2c1CC(C)C. The van der Waals surface area contributed by atoms with Gasteiger partial charge in [0.2, 0.25) is 0 Å². The number of ether oxygens (including phenoxy) is 2. The van der Waals surface area contributed by atoms with Crippen LogP contribution in [-0.2, 0) is 13.0 Å². The van der Waals surface area contributed by atoms with Crippen LogP contribution in [0, 0.1) is 5.92 Å². The van der Waals surface area contributed by atoms with Gasteiger partial charge in [0.05, 0.1) is 26.2 Å². The largest absolute Gasteiger partial charge is 0.496 e. The van der Waals surface area contributed by atoms with Crippen LogP contribution in [0.2, 0.25) is 0 Å². The molecule has 4 heteroatoms. The van der Waals surface area contributed by atoms with Gasteiger partial charge in [-0.25, -0.2) is 0 Å². The summed E-state index contributed by atoms with van der Waals surface area (Å²) in [7, 11) is 3.34. The number of furan rings is 1. The zero-order valence-electron chi connectivity index (χ0n) is 13.6. The van der Waals surface area contributed by atoms with E-state index in [0.717, 1.165) is 47.7 Å². The Morgan fingerprint density at radius 3 is 2.52 bits per heavy atom. The predicted octanol–water partition coefficient (Wildman–Crippen LogP) is 3.76. The smallest absolute Gasteiger partial charge is 0.142 e. The van der Waals surface area contributed by atoms with Gasteiger partial charge in [-0.2, -0.15) is 0 Å². The van der Waals surface area contributed by atoms with Crippen molar-refractivity contribution in [3.8, 4) is 11.5 Å². The Morgan fingerprint density at radius 2 is 1.95 bits per heavy atom. The number of benzene rings is 1. The molecule has 0 saturated carbocycles. The molecular weight excluding hydrogens is 266 g/mol. The zero-order chi connectivity index (χ0) is 15.4. The fourth-order valence-electron chi connectivity index (χ4n) is 2.56. The van der Waals surface area contributed by atoms with Crippen LogP contribution in [0.15, 0.2) is 16.5 Å². The Morgan fingerprint density at radius 1 is 1.19 bits per heavy atom. The van der Waals surface area contributed by atoms with Crippen LogP contribution in [-0.4, -0.2) is 20.8 Å². The van der Waals surface area contributed by atoms with E-state index in [4.69, 9.17) is 13.9 Å². The lowest BCUT2D eigenvalue weighted by molar-refractivity contribution is 0.396. The maximum Gasteiger partial charge on any atom is 0.142 e. The van der Waals surface area contributed by atoms with Crippen LogP contribution in [0.5, 0.6) is 11.5 Å². The molecule has 0 spiro atoms. The van der Waals surface area contributed by atoms with Crippen molar-refractivity contribution in [2.24, 2.45) is 5.92 Å². The molecule has 0 aliphatic heterocycles. The highest BCUT2D eigenvalue weighted by Gasteiger charge is 2.19. The van der Waals surface area contributed by atoms with Gasteiger partial charge in [-0.1, -0.05) is 20.8 Å². The summed E-state index contributed by atoms with van der Waals surface area (Å²) in [6.07, 6.45) is 0.969. The predicted molar refractivity (Wildman–Crippen MR) is 85.2 cm³/mol. The zero-order valence-corrected chi connectivity index (χ0v) is 13.6. The summed E-state index contributed by atoms with van der Waals surface area (Å²) in [4.78, 5) is 0. The van der Waals surface area contributed by atoms with E-state index in [-0.39, 0.29) is 0 Å². The molecule has 0 radical (unpaired) electrons. The van der Waals surface area contributed by atoms with Crippen molar-refractivity contribution in [1.29, 1.82) is 0 Å². The molecule has 2 rings (SSSR count). The van der Waals surface area contributed by atoms with Crippen LogP contribution < -0.4 is 14.8 Å². The number of methoxy groups -OCH3 is 2. The van der Waals surface area contributed by atoms with Crippen molar-refractivity contribution >= 4 is 11.0 Å². The lowest BCUT2D eigenvalue weighted by atomic mass is 9.99. The minimum atomic E-state index is 0.554. The topological polar surface area (TPSA) is 43.6 Å². The molecule has 1 N–H and O–H groups in total. The van der Waals surface area contributed by atoms with Crippen molar-refractivity contribution in [2.45, 2.75) is 33.7 Å². The van der Waals surface area contributed by atoms with Gasteiger partial charge in [-0.05, 0) is 18.9 Å². The maximum absolute atomic E-state index is 6.06. The normalized spacial score (nSPS) is 11.3. The van der Waals surface area contributed by atoms with Gasteiger partial charge in [0.15, 0.2) is 0 Å². The lowest BCUT2D eigenvalue weighted by Gasteiger charge is -2.09. The van der Waals surface area contributed by atoms with E-state index in [2.05, 4.69) is 26.1 Å². The van der Waals surface area contributed by atoms with E-state index < -0.39 is 0 Å². The third-order valence-corrected chi connectivity index (χ3v) is 3.51. The third-order valence-electron chi connectivity index (χ3n) is 3.51. The molecule has 1 heterocycles. The molecule has 0 bridgehead atoms. The monoisotopic (exact) mass is 291 g/mol. The first kappa shape index (κ1) is 15.7. The average Bonchev–Trinajstić information content (AvgIpc) is 2.81. The van der Waals surface area contributed by atoms with Gasteiger partial charge >= 0.3 is 0 Å². The number of nitrogens with one attached hydrogen (secondary N) is 1. The molecule has 0 aliphatic carbocycles. The van der Waals surface area contributed by atoms with E-state index in [1.54, 1.807) is 14.2 Å². The maximum atomic E-state index is 6.06. The van der Waals surface area contributed by atoms with E-state index in [1.807, 2.05) is 12.1 Å². The Bertz CT molecular complexity index is 602. The van der Waals surface area contributed by atoms with Crippen molar-refractivity contribution < 1.29 is 13.9 Å². The van der Waals surface area contributed by atoms with E-state index >= 15 is 0 Å². The van der Waals surface area contributed by atoms with Gasteiger partial charge in [0.1, 0.15) is 22.8 Å². The Balaban J connectivity index is 2.60. The Labute approximate surface area is 126 Å². The fourth-order valence-corrected chi connectivity index (χ4v) is 2.56. The summed E-state index contributed by atoms with van der Waals surface area (Å²) >= 11 is 0. The van der Waals surface area contributed by atoms with E-state index in [9.17, 15) is 0 Å². The molecule has 4 nitrogen and oxygen atoms in total. The number of fused-ring (bicyclic) bond motifs is 1. The second-order valence-electron chi connectivity index (χ2n) is 5.58. The summed E-state index contributed by atoms with van der Waals surface area (Å²) in [6.45, 7) is 8.17. The van der Waals surface area contributed by atoms with Crippen LogP contribution in [0.3, 0.4) is 0 Å². The third kappa shape index (κ3) is 3.32. The minimum Gasteiger partial charge on any atom is -0.496 e. The van der Waals surface area contributed by atoms with Gasteiger partial charge < -0.3 is 19.2 Å². The summed E-state index contributed by atoms with van der Waals surface area (Å²) in [5.74, 6) is 3.11. The van der Waals surface area contributed by atoms with Crippen molar-refractivity contribution in [2.75, 3.05) is 20.8 Å². The van der Waals surface area contributed by atoms with Gasteiger partial charge in [-0.3, -0.25) is 0 Å². The van der Waals surface area contributed by atoms with E-state index in [0.29, 0.717) is 5.92 Å².